The highest BCUT2D eigenvalue weighted by atomic mass is 35.5. The van der Waals surface area contributed by atoms with Crippen molar-refractivity contribution < 1.29 is 4.92 Å². The SMILES string of the molecule is Cc1cc([N+](=O)[O-])cc2c1N[C@H](c1ccc(Cl)cc1Cl)[C@@H]1CC=C[C@H]21. The fourth-order valence-electron chi connectivity index (χ4n) is 4.03. The summed E-state index contributed by atoms with van der Waals surface area (Å²) in [6.45, 7) is 1.90. The van der Waals surface area contributed by atoms with E-state index < -0.39 is 0 Å². The Kier molecular flexibility index (Phi) is 3.97. The number of fused-ring (bicyclic) bond motifs is 3. The fourth-order valence-corrected chi connectivity index (χ4v) is 4.56. The standard InChI is InChI=1S/C19H16Cl2N2O2/c1-10-7-12(23(24)25)9-16-13-3-2-4-14(13)19(22-18(10)16)15-6-5-11(20)8-17(15)21/h2-3,5-9,13-14,19,22H,4H2,1H3/t13-,14+,19-/m0/s1. The molecular weight excluding hydrogens is 359 g/mol. The molecule has 0 spiro atoms. The van der Waals surface area contributed by atoms with E-state index in [2.05, 4.69) is 17.5 Å². The van der Waals surface area contributed by atoms with Crippen molar-refractivity contribution in [3.05, 3.63) is 79.3 Å². The third kappa shape index (κ3) is 2.70. The van der Waals surface area contributed by atoms with Gasteiger partial charge in [0.25, 0.3) is 5.69 Å². The number of anilines is 1. The summed E-state index contributed by atoms with van der Waals surface area (Å²) in [5, 5.41) is 16.1. The van der Waals surface area contributed by atoms with E-state index in [9.17, 15) is 10.1 Å². The van der Waals surface area contributed by atoms with E-state index in [1.165, 1.54) is 0 Å². The number of nitrogens with zero attached hydrogens (tertiary/aromatic N) is 1. The first-order valence-corrected chi connectivity index (χ1v) is 8.88. The molecule has 3 atom stereocenters. The van der Waals surface area contributed by atoms with E-state index in [-0.39, 0.29) is 28.5 Å². The van der Waals surface area contributed by atoms with Gasteiger partial charge in [0.1, 0.15) is 0 Å². The van der Waals surface area contributed by atoms with Crippen LogP contribution < -0.4 is 5.32 Å². The predicted octanol–water partition coefficient (Wildman–Crippen LogP) is 6.04. The Morgan fingerprint density at radius 1 is 1.20 bits per heavy atom. The lowest BCUT2D eigenvalue weighted by atomic mass is 9.76. The Morgan fingerprint density at radius 2 is 2.00 bits per heavy atom. The van der Waals surface area contributed by atoms with Gasteiger partial charge in [-0.3, -0.25) is 10.1 Å². The van der Waals surface area contributed by atoms with Crippen molar-refractivity contribution in [1.82, 2.24) is 0 Å². The lowest BCUT2D eigenvalue weighted by molar-refractivity contribution is -0.385. The van der Waals surface area contributed by atoms with Crippen molar-refractivity contribution in [2.75, 3.05) is 5.32 Å². The van der Waals surface area contributed by atoms with Gasteiger partial charge in [-0.1, -0.05) is 41.4 Å². The predicted molar refractivity (Wildman–Crippen MR) is 101 cm³/mol. The molecule has 0 saturated carbocycles. The summed E-state index contributed by atoms with van der Waals surface area (Å²) in [6.07, 6.45) is 5.21. The first-order valence-electron chi connectivity index (χ1n) is 8.13. The van der Waals surface area contributed by atoms with Crippen LogP contribution in [0.15, 0.2) is 42.5 Å². The Morgan fingerprint density at radius 3 is 2.72 bits per heavy atom. The highest BCUT2D eigenvalue weighted by molar-refractivity contribution is 6.35. The third-order valence-corrected chi connectivity index (χ3v) is 5.72. The molecule has 0 bridgehead atoms. The first kappa shape index (κ1) is 16.4. The molecule has 1 heterocycles. The van der Waals surface area contributed by atoms with Crippen molar-refractivity contribution in [2.45, 2.75) is 25.3 Å². The molecular formula is C19H16Cl2N2O2. The number of rotatable bonds is 2. The van der Waals surface area contributed by atoms with Gasteiger partial charge in [0, 0.05) is 33.8 Å². The maximum Gasteiger partial charge on any atom is 0.270 e. The molecule has 25 heavy (non-hydrogen) atoms. The van der Waals surface area contributed by atoms with Crippen LogP contribution in [-0.4, -0.2) is 4.92 Å². The maximum atomic E-state index is 11.2. The van der Waals surface area contributed by atoms with Gasteiger partial charge in [0.2, 0.25) is 0 Å². The van der Waals surface area contributed by atoms with Crippen LogP contribution in [0.4, 0.5) is 11.4 Å². The van der Waals surface area contributed by atoms with Gasteiger partial charge >= 0.3 is 0 Å². The molecule has 0 unspecified atom stereocenters. The average Bonchev–Trinajstić information content (AvgIpc) is 3.04. The molecule has 2 aliphatic rings. The number of nitro benzene ring substituents is 1. The smallest absolute Gasteiger partial charge is 0.270 e. The van der Waals surface area contributed by atoms with Crippen LogP contribution >= 0.6 is 23.2 Å². The van der Waals surface area contributed by atoms with Crippen molar-refractivity contribution in [1.29, 1.82) is 0 Å². The van der Waals surface area contributed by atoms with Gasteiger partial charge in [-0.05, 0) is 48.1 Å². The van der Waals surface area contributed by atoms with Crippen LogP contribution in [0.25, 0.3) is 0 Å². The minimum Gasteiger partial charge on any atom is -0.377 e. The number of allylic oxidation sites excluding steroid dienone is 2. The van der Waals surface area contributed by atoms with Gasteiger partial charge in [-0.25, -0.2) is 0 Å². The van der Waals surface area contributed by atoms with Crippen molar-refractivity contribution in [3.8, 4) is 0 Å². The maximum absolute atomic E-state index is 11.2. The van der Waals surface area contributed by atoms with E-state index >= 15 is 0 Å². The monoisotopic (exact) mass is 374 g/mol. The quantitative estimate of drug-likeness (QED) is 0.396. The van der Waals surface area contributed by atoms with Crippen LogP contribution in [0, 0.1) is 23.0 Å². The molecule has 0 saturated heterocycles. The normalized spacial score (nSPS) is 23.7. The summed E-state index contributed by atoms with van der Waals surface area (Å²) < 4.78 is 0. The Bertz CT molecular complexity index is 911. The van der Waals surface area contributed by atoms with Crippen LogP contribution in [0.3, 0.4) is 0 Å². The van der Waals surface area contributed by atoms with E-state index in [1.54, 1.807) is 18.2 Å². The van der Waals surface area contributed by atoms with Crippen LogP contribution in [0.1, 0.15) is 35.1 Å². The number of benzene rings is 2. The van der Waals surface area contributed by atoms with Gasteiger partial charge < -0.3 is 5.32 Å². The minimum atomic E-state index is -0.330. The summed E-state index contributed by atoms with van der Waals surface area (Å²) in [4.78, 5) is 10.9. The Labute approximate surface area is 155 Å². The molecule has 4 nitrogen and oxygen atoms in total. The van der Waals surface area contributed by atoms with Gasteiger partial charge in [0.05, 0.1) is 11.0 Å². The molecule has 0 fully saturated rings. The minimum absolute atomic E-state index is 0.0393. The van der Waals surface area contributed by atoms with Crippen molar-refractivity contribution in [3.63, 3.8) is 0 Å². The molecule has 1 N–H and O–H groups in total. The van der Waals surface area contributed by atoms with E-state index in [0.29, 0.717) is 10.0 Å². The second-order valence-electron chi connectivity index (χ2n) is 6.63. The lowest BCUT2D eigenvalue weighted by Gasteiger charge is -2.38. The molecule has 0 amide bonds. The number of nitrogens with one attached hydrogen (secondary N) is 1. The highest BCUT2D eigenvalue weighted by Crippen LogP contribution is 2.52. The summed E-state index contributed by atoms with van der Waals surface area (Å²) in [7, 11) is 0. The molecule has 6 heteroatoms. The van der Waals surface area contributed by atoms with Gasteiger partial charge in [-0.2, -0.15) is 0 Å². The van der Waals surface area contributed by atoms with Crippen molar-refractivity contribution >= 4 is 34.6 Å². The van der Waals surface area contributed by atoms with Crippen LogP contribution in [0.5, 0.6) is 0 Å². The Hall–Kier alpha value is -2.04. The average molecular weight is 375 g/mol. The number of hydrogen-bond donors (Lipinski definition) is 1. The number of hydrogen-bond acceptors (Lipinski definition) is 3. The largest absolute Gasteiger partial charge is 0.377 e. The molecule has 128 valence electrons. The summed E-state index contributed by atoms with van der Waals surface area (Å²) >= 11 is 12.5. The summed E-state index contributed by atoms with van der Waals surface area (Å²) in [6, 6.07) is 8.92. The molecule has 0 radical (unpaired) electrons. The highest BCUT2D eigenvalue weighted by Gasteiger charge is 2.40. The zero-order chi connectivity index (χ0) is 17.7. The molecule has 0 aromatic heterocycles. The molecule has 2 aromatic rings. The van der Waals surface area contributed by atoms with Crippen LogP contribution in [0.2, 0.25) is 10.0 Å². The zero-order valence-corrected chi connectivity index (χ0v) is 15.0. The lowest BCUT2D eigenvalue weighted by Crippen LogP contribution is -2.29. The fraction of sp³-hybridized carbons (Fsp3) is 0.263. The van der Waals surface area contributed by atoms with Crippen LogP contribution in [-0.2, 0) is 0 Å². The second-order valence-corrected chi connectivity index (χ2v) is 7.47. The van der Waals surface area contributed by atoms with Gasteiger partial charge in [-0.15, -0.1) is 0 Å². The van der Waals surface area contributed by atoms with E-state index in [0.717, 1.165) is 28.8 Å². The Balaban J connectivity index is 1.84. The molecule has 1 aliphatic carbocycles. The van der Waals surface area contributed by atoms with E-state index in [4.69, 9.17) is 23.2 Å². The zero-order valence-electron chi connectivity index (χ0n) is 13.5. The number of aryl methyl sites for hydroxylation is 1. The second kappa shape index (κ2) is 6.04. The number of non-ortho nitro benzene ring substituents is 1. The summed E-state index contributed by atoms with van der Waals surface area (Å²) in [5.74, 6) is 0.416. The van der Waals surface area contributed by atoms with Gasteiger partial charge in [0.15, 0.2) is 0 Å². The van der Waals surface area contributed by atoms with E-state index in [1.807, 2.05) is 19.1 Å². The topological polar surface area (TPSA) is 55.2 Å². The third-order valence-electron chi connectivity index (χ3n) is 5.16. The molecule has 2 aromatic carbocycles. The number of halogens is 2. The molecule has 1 aliphatic heterocycles. The molecule has 4 rings (SSSR count). The summed E-state index contributed by atoms with van der Waals surface area (Å²) in [5.41, 5.74) is 3.98. The first-order chi connectivity index (χ1) is 12.0. The van der Waals surface area contributed by atoms with Crippen molar-refractivity contribution in [2.24, 2.45) is 5.92 Å². The number of nitro groups is 1.